The average Bonchev–Trinajstić information content (AvgIpc) is 2.90. The molecule has 0 saturated heterocycles. The zero-order chi connectivity index (χ0) is 14.1. The highest BCUT2D eigenvalue weighted by molar-refractivity contribution is 7.17. The first-order chi connectivity index (χ1) is 9.63. The van der Waals surface area contributed by atoms with Gasteiger partial charge in [0.2, 0.25) is 0 Å². The van der Waals surface area contributed by atoms with Gasteiger partial charge in [0.15, 0.2) is 0 Å². The van der Waals surface area contributed by atoms with Crippen LogP contribution in [0.25, 0.3) is 10.2 Å². The lowest BCUT2D eigenvalue weighted by Gasteiger charge is -2.13. The molecule has 0 amide bonds. The van der Waals surface area contributed by atoms with Gasteiger partial charge in [0, 0.05) is 12.2 Å². The Hall–Kier alpha value is -1.71. The van der Waals surface area contributed by atoms with Crippen molar-refractivity contribution in [1.82, 2.24) is 4.98 Å². The van der Waals surface area contributed by atoms with E-state index in [0.29, 0.717) is 0 Å². The molecule has 0 aliphatic rings. The van der Waals surface area contributed by atoms with Crippen LogP contribution in [0.2, 0.25) is 0 Å². The summed E-state index contributed by atoms with van der Waals surface area (Å²) in [7, 11) is 0. The summed E-state index contributed by atoms with van der Waals surface area (Å²) in [6.07, 6.45) is 2.75. The van der Waals surface area contributed by atoms with E-state index in [-0.39, 0.29) is 6.04 Å². The van der Waals surface area contributed by atoms with Gasteiger partial charge in [0.05, 0.1) is 10.2 Å². The van der Waals surface area contributed by atoms with Crippen molar-refractivity contribution >= 4 is 21.6 Å². The molecular weight excluding hydrogens is 264 g/mol. The molecule has 20 heavy (non-hydrogen) atoms. The normalized spacial score (nSPS) is 12.8. The summed E-state index contributed by atoms with van der Waals surface area (Å²) in [5, 5.41) is 2.07. The number of pyridine rings is 1. The highest BCUT2D eigenvalue weighted by atomic mass is 32.1. The van der Waals surface area contributed by atoms with Gasteiger partial charge in [-0.1, -0.05) is 18.2 Å². The fourth-order valence-electron chi connectivity index (χ4n) is 2.37. The highest BCUT2D eigenvalue weighted by Gasteiger charge is 2.09. The second kappa shape index (κ2) is 5.35. The highest BCUT2D eigenvalue weighted by Crippen LogP contribution is 2.24. The summed E-state index contributed by atoms with van der Waals surface area (Å²) in [5.41, 5.74) is 12.4. The quantitative estimate of drug-likeness (QED) is 0.783. The Kier molecular flexibility index (Phi) is 3.55. The summed E-state index contributed by atoms with van der Waals surface area (Å²) in [4.78, 5) is 4.47. The van der Waals surface area contributed by atoms with Crippen molar-refractivity contribution in [3.63, 3.8) is 0 Å². The van der Waals surface area contributed by atoms with E-state index in [0.717, 1.165) is 17.5 Å². The van der Waals surface area contributed by atoms with Gasteiger partial charge in [-0.25, -0.2) is 0 Å². The second-order valence-corrected chi connectivity index (χ2v) is 6.25. The number of benzene rings is 1. The molecule has 0 radical (unpaired) electrons. The zero-order valence-corrected chi connectivity index (χ0v) is 12.6. The van der Waals surface area contributed by atoms with Crippen molar-refractivity contribution in [1.29, 1.82) is 0 Å². The number of hydrogen-bond donors (Lipinski definition) is 1. The monoisotopic (exact) mass is 282 g/mol. The van der Waals surface area contributed by atoms with E-state index in [4.69, 9.17) is 5.73 Å². The van der Waals surface area contributed by atoms with Crippen LogP contribution in [0, 0.1) is 13.8 Å². The molecule has 1 aromatic carbocycles. The third kappa shape index (κ3) is 2.60. The molecule has 2 aromatic heterocycles. The first kappa shape index (κ1) is 13.3. The minimum atomic E-state index is -0.00361. The molecule has 0 fully saturated rings. The van der Waals surface area contributed by atoms with E-state index in [9.17, 15) is 0 Å². The van der Waals surface area contributed by atoms with E-state index in [1.165, 1.54) is 21.4 Å². The molecule has 3 aromatic rings. The maximum absolute atomic E-state index is 6.34. The lowest BCUT2D eigenvalue weighted by Crippen LogP contribution is -2.13. The number of nitrogens with two attached hydrogens (primary N) is 1. The van der Waals surface area contributed by atoms with Crippen LogP contribution in [0.3, 0.4) is 0 Å². The smallest absolute Gasteiger partial charge is 0.0809 e. The Morgan fingerprint density at radius 3 is 2.80 bits per heavy atom. The van der Waals surface area contributed by atoms with E-state index in [2.05, 4.69) is 48.5 Å². The van der Waals surface area contributed by atoms with Crippen molar-refractivity contribution in [2.75, 3.05) is 0 Å². The van der Waals surface area contributed by atoms with Crippen LogP contribution in [-0.2, 0) is 6.42 Å². The SMILES string of the molecule is Cc1ccc(CC(N)c2cnc3ccsc3c2)cc1C. The predicted octanol–water partition coefficient (Wildman–Crippen LogP) is 4.16. The van der Waals surface area contributed by atoms with Gasteiger partial charge < -0.3 is 5.73 Å². The van der Waals surface area contributed by atoms with Crippen LogP contribution in [0.1, 0.15) is 28.3 Å². The second-order valence-electron chi connectivity index (χ2n) is 5.30. The Morgan fingerprint density at radius 1 is 1.15 bits per heavy atom. The maximum atomic E-state index is 6.34. The molecule has 2 heterocycles. The summed E-state index contributed by atoms with van der Waals surface area (Å²) in [5.74, 6) is 0. The summed E-state index contributed by atoms with van der Waals surface area (Å²) < 4.78 is 1.21. The number of thiophene rings is 1. The van der Waals surface area contributed by atoms with Gasteiger partial charge in [-0.2, -0.15) is 0 Å². The topological polar surface area (TPSA) is 38.9 Å². The molecule has 0 aliphatic carbocycles. The van der Waals surface area contributed by atoms with Crippen molar-refractivity contribution in [3.05, 3.63) is 64.2 Å². The molecular formula is C17H18N2S. The molecule has 102 valence electrons. The molecule has 0 spiro atoms. The molecule has 2 nitrogen and oxygen atoms in total. The summed E-state index contributed by atoms with van der Waals surface area (Å²) >= 11 is 1.71. The number of aryl methyl sites for hydroxylation is 2. The van der Waals surface area contributed by atoms with E-state index >= 15 is 0 Å². The molecule has 0 bridgehead atoms. The van der Waals surface area contributed by atoms with Crippen LogP contribution in [0.5, 0.6) is 0 Å². The van der Waals surface area contributed by atoms with Gasteiger partial charge in [-0.05, 0) is 60.0 Å². The van der Waals surface area contributed by atoms with E-state index in [1.54, 1.807) is 11.3 Å². The number of hydrogen-bond acceptors (Lipinski definition) is 3. The van der Waals surface area contributed by atoms with Crippen molar-refractivity contribution in [2.24, 2.45) is 5.73 Å². The molecule has 2 N–H and O–H groups in total. The standard InChI is InChI=1S/C17H18N2S/c1-11-3-4-13(7-12(11)2)8-15(18)14-9-17-16(19-10-14)5-6-20-17/h3-7,9-10,15H,8,18H2,1-2H3. The lowest BCUT2D eigenvalue weighted by atomic mass is 9.98. The van der Waals surface area contributed by atoms with Crippen molar-refractivity contribution in [2.45, 2.75) is 26.3 Å². The molecule has 0 aliphatic heterocycles. The first-order valence-corrected chi connectivity index (χ1v) is 7.66. The molecule has 1 unspecified atom stereocenters. The molecule has 0 saturated carbocycles. The molecule has 3 rings (SSSR count). The third-order valence-electron chi connectivity index (χ3n) is 3.78. The van der Waals surface area contributed by atoms with Crippen LogP contribution >= 0.6 is 11.3 Å². The van der Waals surface area contributed by atoms with Crippen LogP contribution in [0.4, 0.5) is 0 Å². The molecule has 1 atom stereocenters. The lowest BCUT2D eigenvalue weighted by molar-refractivity contribution is 0.719. The van der Waals surface area contributed by atoms with Crippen LogP contribution in [0.15, 0.2) is 41.9 Å². The minimum absolute atomic E-state index is 0.00361. The number of nitrogens with zero attached hydrogens (tertiary/aromatic N) is 1. The minimum Gasteiger partial charge on any atom is -0.324 e. The fourth-order valence-corrected chi connectivity index (χ4v) is 3.16. The van der Waals surface area contributed by atoms with Crippen LogP contribution in [-0.4, -0.2) is 4.98 Å². The Morgan fingerprint density at radius 2 is 2.00 bits per heavy atom. The van der Waals surface area contributed by atoms with Gasteiger partial charge in [-0.3, -0.25) is 4.98 Å². The Labute approximate surface area is 123 Å². The largest absolute Gasteiger partial charge is 0.324 e. The van der Waals surface area contributed by atoms with Crippen molar-refractivity contribution < 1.29 is 0 Å². The zero-order valence-electron chi connectivity index (χ0n) is 11.8. The fraction of sp³-hybridized carbons (Fsp3) is 0.235. The number of rotatable bonds is 3. The summed E-state index contributed by atoms with van der Waals surface area (Å²) in [6, 6.07) is 10.8. The van der Waals surface area contributed by atoms with E-state index < -0.39 is 0 Å². The van der Waals surface area contributed by atoms with Crippen molar-refractivity contribution in [3.8, 4) is 0 Å². The Bertz CT molecular complexity index is 746. The predicted molar refractivity (Wildman–Crippen MR) is 86.2 cm³/mol. The first-order valence-electron chi connectivity index (χ1n) is 6.78. The summed E-state index contributed by atoms with van der Waals surface area (Å²) in [6.45, 7) is 4.28. The molecule has 3 heteroatoms. The van der Waals surface area contributed by atoms with Gasteiger partial charge in [0.25, 0.3) is 0 Å². The Balaban J connectivity index is 1.84. The van der Waals surface area contributed by atoms with Gasteiger partial charge in [-0.15, -0.1) is 11.3 Å². The number of fused-ring (bicyclic) bond motifs is 1. The number of aromatic nitrogens is 1. The maximum Gasteiger partial charge on any atom is 0.0809 e. The van der Waals surface area contributed by atoms with E-state index in [1.807, 2.05) is 12.3 Å². The third-order valence-corrected chi connectivity index (χ3v) is 4.63. The van der Waals surface area contributed by atoms with Gasteiger partial charge >= 0.3 is 0 Å². The van der Waals surface area contributed by atoms with Gasteiger partial charge in [0.1, 0.15) is 0 Å². The van der Waals surface area contributed by atoms with Crippen LogP contribution < -0.4 is 5.73 Å². The average molecular weight is 282 g/mol.